The highest BCUT2D eigenvalue weighted by atomic mass is 19.4. The number of halogens is 6. The summed E-state index contributed by atoms with van der Waals surface area (Å²) in [6.07, 6.45) is -8.55. The maximum absolute atomic E-state index is 13.8. The molecule has 46 heavy (non-hydrogen) atoms. The Balaban J connectivity index is 1.41. The van der Waals surface area contributed by atoms with Crippen molar-refractivity contribution in [2.75, 3.05) is 52.7 Å². The first-order valence-corrected chi connectivity index (χ1v) is 14.4. The Morgan fingerprint density at radius 1 is 0.826 bits per heavy atom. The van der Waals surface area contributed by atoms with E-state index in [1.54, 1.807) is 30.3 Å². The van der Waals surface area contributed by atoms with Gasteiger partial charge in [-0.3, -0.25) is 14.5 Å². The molecule has 2 amide bonds. The molecule has 1 aromatic heterocycles. The lowest BCUT2D eigenvalue weighted by atomic mass is 10.0. The number of hydrogen-bond donors (Lipinski definition) is 0. The highest BCUT2D eigenvalue weighted by Gasteiger charge is 2.38. The molecule has 5 rings (SSSR count). The van der Waals surface area contributed by atoms with Crippen LogP contribution in [0.4, 0.5) is 26.3 Å². The van der Waals surface area contributed by atoms with Crippen LogP contribution < -0.4 is 9.47 Å². The molecule has 0 aliphatic carbocycles. The minimum Gasteiger partial charge on any atom is -0.467 e. The predicted molar refractivity (Wildman–Crippen MR) is 150 cm³/mol. The quantitative estimate of drug-likeness (QED) is 0.255. The lowest BCUT2D eigenvalue weighted by Gasteiger charge is -2.30. The van der Waals surface area contributed by atoms with Crippen LogP contribution in [0.3, 0.4) is 0 Å². The number of benzene rings is 2. The standard InChI is InChI=1S/C31H31F6N3O6/c32-30(33,34)23-14-22(15-24(16-23)31(35,36)37)29(42)39(7-2-6-38-8-11-43-12-9-38)19-28(41)40(18-25-3-1-10-44-25)17-21-4-5-26-27(13-21)46-20-45-26/h1,3-5,10,13-16H,2,6-9,11-12,17-20H2. The van der Waals surface area contributed by atoms with Gasteiger partial charge in [-0.25, -0.2) is 0 Å². The third kappa shape index (κ3) is 8.51. The van der Waals surface area contributed by atoms with Gasteiger partial charge in [-0.05, 0) is 54.4 Å². The largest absolute Gasteiger partial charge is 0.467 e. The molecule has 0 N–H and O–H groups in total. The van der Waals surface area contributed by atoms with E-state index in [4.69, 9.17) is 18.6 Å². The Morgan fingerprint density at radius 2 is 1.52 bits per heavy atom. The Morgan fingerprint density at radius 3 is 2.17 bits per heavy atom. The summed E-state index contributed by atoms with van der Waals surface area (Å²) < 4.78 is 103. The van der Waals surface area contributed by atoms with Crippen molar-refractivity contribution in [3.8, 4) is 11.5 Å². The van der Waals surface area contributed by atoms with Crippen LogP contribution in [-0.4, -0.2) is 79.2 Å². The monoisotopic (exact) mass is 655 g/mol. The zero-order valence-corrected chi connectivity index (χ0v) is 24.5. The lowest BCUT2D eigenvalue weighted by molar-refractivity contribution is -0.143. The van der Waals surface area contributed by atoms with Crippen LogP contribution in [0.15, 0.2) is 59.2 Å². The number of alkyl halides is 6. The second-order valence-corrected chi connectivity index (χ2v) is 10.8. The first kappa shape index (κ1) is 33.1. The third-order valence-corrected chi connectivity index (χ3v) is 7.54. The van der Waals surface area contributed by atoms with Crippen LogP contribution in [0.1, 0.15) is 39.2 Å². The second-order valence-electron chi connectivity index (χ2n) is 10.8. The summed E-state index contributed by atoms with van der Waals surface area (Å²) in [6, 6.07) is 9.09. The average molecular weight is 656 g/mol. The van der Waals surface area contributed by atoms with Crippen LogP contribution in [0, 0.1) is 0 Å². The molecule has 15 heteroatoms. The molecule has 248 valence electrons. The first-order chi connectivity index (χ1) is 21.9. The van der Waals surface area contributed by atoms with Gasteiger partial charge in [0.2, 0.25) is 12.7 Å². The number of hydrogen-bond acceptors (Lipinski definition) is 7. The Kier molecular flexibility index (Phi) is 10.1. The van der Waals surface area contributed by atoms with E-state index < -0.39 is 47.4 Å². The molecule has 0 unspecified atom stereocenters. The predicted octanol–water partition coefficient (Wildman–Crippen LogP) is 5.44. The Bertz CT molecular complexity index is 1470. The summed E-state index contributed by atoms with van der Waals surface area (Å²) in [7, 11) is 0. The molecule has 3 heterocycles. The Hall–Kier alpha value is -4.24. The van der Waals surface area contributed by atoms with Crippen molar-refractivity contribution in [3.05, 3.63) is 82.8 Å². The van der Waals surface area contributed by atoms with Gasteiger partial charge in [-0.1, -0.05) is 6.07 Å². The van der Waals surface area contributed by atoms with Crippen LogP contribution >= 0.6 is 0 Å². The van der Waals surface area contributed by atoms with Crippen molar-refractivity contribution in [1.29, 1.82) is 0 Å². The van der Waals surface area contributed by atoms with E-state index in [1.165, 1.54) is 11.2 Å². The van der Waals surface area contributed by atoms with Crippen LogP contribution in [0.5, 0.6) is 11.5 Å². The minimum atomic E-state index is -5.14. The third-order valence-electron chi connectivity index (χ3n) is 7.54. The average Bonchev–Trinajstić information content (AvgIpc) is 3.71. The Labute approximate surface area is 260 Å². The highest BCUT2D eigenvalue weighted by Crippen LogP contribution is 2.37. The topological polar surface area (TPSA) is 84.7 Å². The minimum absolute atomic E-state index is 0.0160. The number of amides is 2. The van der Waals surface area contributed by atoms with E-state index in [0.717, 1.165) is 4.90 Å². The van der Waals surface area contributed by atoms with Crippen molar-refractivity contribution in [2.24, 2.45) is 0 Å². The summed E-state index contributed by atoms with van der Waals surface area (Å²) in [6.45, 7) is 2.10. The number of carbonyl (C=O) groups is 2. The molecule has 2 aliphatic rings. The van der Waals surface area contributed by atoms with Gasteiger partial charge in [-0.15, -0.1) is 0 Å². The van der Waals surface area contributed by atoms with Gasteiger partial charge in [0.05, 0.1) is 37.1 Å². The van der Waals surface area contributed by atoms with Crippen molar-refractivity contribution in [2.45, 2.75) is 31.9 Å². The van der Waals surface area contributed by atoms with Gasteiger partial charge >= 0.3 is 12.4 Å². The lowest BCUT2D eigenvalue weighted by Crippen LogP contribution is -2.44. The number of furan rings is 1. The van der Waals surface area contributed by atoms with Crippen molar-refractivity contribution >= 4 is 11.8 Å². The van der Waals surface area contributed by atoms with E-state index in [-0.39, 0.29) is 32.5 Å². The highest BCUT2D eigenvalue weighted by molar-refractivity contribution is 5.97. The number of rotatable bonds is 11. The molecule has 0 radical (unpaired) electrons. The molecular formula is C31H31F6N3O6. The number of nitrogens with zero attached hydrogens (tertiary/aromatic N) is 3. The fourth-order valence-corrected chi connectivity index (χ4v) is 5.17. The number of ether oxygens (including phenoxy) is 3. The molecule has 2 aromatic carbocycles. The molecule has 2 aliphatic heterocycles. The molecular weight excluding hydrogens is 624 g/mol. The second kappa shape index (κ2) is 14.0. The van der Waals surface area contributed by atoms with Crippen molar-refractivity contribution in [1.82, 2.24) is 14.7 Å². The summed E-state index contributed by atoms with van der Waals surface area (Å²) in [4.78, 5) is 31.9. The van der Waals surface area contributed by atoms with Gasteiger partial charge in [0.25, 0.3) is 5.91 Å². The molecule has 0 atom stereocenters. The van der Waals surface area contributed by atoms with E-state index in [1.807, 2.05) is 0 Å². The van der Waals surface area contributed by atoms with E-state index >= 15 is 0 Å². The normalized spacial score (nSPS) is 15.2. The van der Waals surface area contributed by atoms with Gasteiger partial charge in [0.1, 0.15) is 12.3 Å². The number of morpholine rings is 1. The number of fused-ring (bicyclic) bond motifs is 1. The van der Waals surface area contributed by atoms with E-state index in [0.29, 0.717) is 74.2 Å². The molecule has 1 fully saturated rings. The zero-order chi connectivity index (χ0) is 32.9. The van der Waals surface area contributed by atoms with Crippen molar-refractivity contribution in [3.63, 3.8) is 0 Å². The maximum atomic E-state index is 13.8. The zero-order valence-electron chi connectivity index (χ0n) is 24.5. The van der Waals surface area contributed by atoms with Gasteiger partial charge < -0.3 is 28.4 Å². The molecule has 9 nitrogen and oxygen atoms in total. The van der Waals surface area contributed by atoms with E-state index in [2.05, 4.69) is 4.90 Å². The SMILES string of the molecule is O=C(CN(CCCN1CCOCC1)C(=O)c1cc(C(F)(F)F)cc(C(F)(F)F)c1)N(Cc1ccc2c(c1)OCO2)Cc1ccco1. The van der Waals surface area contributed by atoms with Gasteiger partial charge in [-0.2, -0.15) is 26.3 Å². The van der Waals surface area contributed by atoms with Crippen molar-refractivity contribution < 1.29 is 54.6 Å². The summed E-state index contributed by atoms with van der Waals surface area (Å²) in [5.41, 5.74) is -3.41. The maximum Gasteiger partial charge on any atom is 0.416 e. The molecule has 3 aromatic rings. The van der Waals surface area contributed by atoms with Crippen LogP contribution in [0.25, 0.3) is 0 Å². The fraction of sp³-hybridized carbons (Fsp3) is 0.419. The van der Waals surface area contributed by atoms with Gasteiger partial charge in [0.15, 0.2) is 11.5 Å². The van der Waals surface area contributed by atoms with Gasteiger partial charge in [0, 0.05) is 38.3 Å². The summed E-state index contributed by atoms with van der Waals surface area (Å²) in [5.74, 6) is -0.298. The molecule has 0 spiro atoms. The number of carbonyl (C=O) groups excluding carboxylic acids is 2. The molecule has 1 saturated heterocycles. The van der Waals surface area contributed by atoms with Crippen LogP contribution in [0.2, 0.25) is 0 Å². The first-order valence-electron chi connectivity index (χ1n) is 14.4. The molecule has 0 saturated carbocycles. The summed E-state index contributed by atoms with van der Waals surface area (Å²) in [5, 5.41) is 0. The summed E-state index contributed by atoms with van der Waals surface area (Å²) >= 11 is 0. The van der Waals surface area contributed by atoms with Crippen LogP contribution in [-0.2, 0) is 35.0 Å². The fourth-order valence-electron chi connectivity index (χ4n) is 5.17. The van der Waals surface area contributed by atoms with E-state index in [9.17, 15) is 35.9 Å². The smallest absolute Gasteiger partial charge is 0.416 e. The molecule has 0 bridgehead atoms.